The molecule has 28 heavy (non-hydrogen) atoms. The summed E-state index contributed by atoms with van der Waals surface area (Å²) in [6.45, 7) is 7.57. The number of carbonyl (C=O) groups is 2. The summed E-state index contributed by atoms with van der Waals surface area (Å²) in [4.78, 5) is 29.7. The number of hydrogen-bond acceptors (Lipinski definition) is 3. The summed E-state index contributed by atoms with van der Waals surface area (Å²) in [6, 6.07) is 10.2. The van der Waals surface area contributed by atoms with Crippen LogP contribution in [0, 0.1) is 5.92 Å². The number of benzene rings is 1. The summed E-state index contributed by atoms with van der Waals surface area (Å²) < 4.78 is 0. The van der Waals surface area contributed by atoms with Crippen LogP contribution in [0.25, 0.3) is 0 Å². The molecule has 1 heterocycles. The van der Waals surface area contributed by atoms with E-state index in [2.05, 4.69) is 33.1 Å². The van der Waals surface area contributed by atoms with Crippen LogP contribution in [0.1, 0.15) is 25.8 Å². The molecule has 0 aromatic heterocycles. The summed E-state index contributed by atoms with van der Waals surface area (Å²) in [5.41, 5.74) is 1.25. The van der Waals surface area contributed by atoms with Gasteiger partial charge in [-0.05, 0) is 18.9 Å². The Labute approximate surface area is 184 Å². The van der Waals surface area contributed by atoms with Gasteiger partial charge in [0.1, 0.15) is 0 Å². The second-order valence-corrected chi connectivity index (χ2v) is 6.77. The van der Waals surface area contributed by atoms with Crippen molar-refractivity contribution >= 4 is 41.8 Å². The van der Waals surface area contributed by atoms with Crippen LogP contribution in [0.2, 0.25) is 0 Å². The summed E-state index contributed by atoms with van der Waals surface area (Å²) >= 11 is 0. The zero-order valence-corrected chi connectivity index (χ0v) is 19.1. The molecule has 0 spiro atoms. The highest BCUT2D eigenvalue weighted by Crippen LogP contribution is 2.18. The maximum absolute atomic E-state index is 12.3. The number of halogens is 1. The number of hydrogen-bond donors (Lipinski definition) is 3. The molecule has 0 aliphatic carbocycles. The molecule has 2 rings (SSSR count). The van der Waals surface area contributed by atoms with Crippen LogP contribution in [0.4, 0.5) is 0 Å². The van der Waals surface area contributed by atoms with Crippen molar-refractivity contribution < 1.29 is 9.59 Å². The Balaban J connectivity index is 0.00000392. The van der Waals surface area contributed by atoms with Crippen molar-refractivity contribution in [1.29, 1.82) is 0 Å². The minimum atomic E-state index is -0.0428. The van der Waals surface area contributed by atoms with Gasteiger partial charge < -0.3 is 20.9 Å². The Hall–Kier alpha value is -1.84. The molecule has 1 unspecified atom stereocenters. The molecule has 1 aliphatic heterocycles. The minimum absolute atomic E-state index is 0. The van der Waals surface area contributed by atoms with Crippen molar-refractivity contribution in [3.63, 3.8) is 0 Å². The first-order valence-electron chi connectivity index (χ1n) is 9.66. The van der Waals surface area contributed by atoms with Crippen molar-refractivity contribution in [1.82, 2.24) is 20.9 Å². The zero-order chi connectivity index (χ0) is 19.5. The number of carbonyl (C=O) groups excluding carboxylic acids is 2. The van der Waals surface area contributed by atoms with Crippen molar-refractivity contribution in [3.8, 4) is 0 Å². The molecule has 1 fully saturated rings. The third-order valence-corrected chi connectivity index (χ3v) is 4.45. The van der Waals surface area contributed by atoms with E-state index >= 15 is 0 Å². The predicted molar refractivity (Wildman–Crippen MR) is 123 cm³/mol. The van der Waals surface area contributed by atoms with Crippen LogP contribution < -0.4 is 16.0 Å². The number of aliphatic imine (C=N–C) groups is 1. The molecule has 3 N–H and O–H groups in total. The fraction of sp³-hybridized carbons (Fsp3) is 0.550. The molecule has 2 amide bonds. The third-order valence-electron chi connectivity index (χ3n) is 4.45. The number of guanidine groups is 1. The molecule has 0 bridgehead atoms. The summed E-state index contributed by atoms with van der Waals surface area (Å²) in [5, 5.41) is 9.13. The Morgan fingerprint density at radius 1 is 1.18 bits per heavy atom. The number of amides is 2. The Bertz CT molecular complexity index is 639. The number of likely N-dealkylation sites (tertiary alicyclic amines) is 1. The van der Waals surface area contributed by atoms with E-state index < -0.39 is 0 Å². The summed E-state index contributed by atoms with van der Waals surface area (Å²) in [7, 11) is 0. The van der Waals surface area contributed by atoms with Crippen molar-refractivity contribution in [2.75, 3.05) is 39.3 Å². The lowest BCUT2D eigenvalue weighted by atomic mass is 10.1. The fourth-order valence-electron chi connectivity index (χ4n) is 3.08. The molecule has 1 aromatic carbocycles. The Morgan fingerprint density at radius 3 is 2.57 bits per heavy atom. The van der Waals surface area contributed by atoms with Gasteiger partial charge in [0, 0.05) is 58.5 Å². The topological polar surface area (TPSA) is 85.8 Å². The van der Waals surface area contributed by atoms with E-state index in [0.717, 1.165) is 32.0 Å². The molecule has 1 saturated heterocycles. The number of nitrogens with zero attached hydrogens (tertiary/aromatic N) is 2. The van der Waals surface area contributed by atoms with Crippen LogP contribution in [0.15, 0.2) is 35.3 Å². The van der Waals surface area contributed by atoms with Gasteiger partial charge in [0.2, 0.25) is 11.8 Å². The van der Waals surface area contributed by atoms with E-state index in [1.165, 1.54) is 12.5 Å². The van der Waals surface area contributed by atoms with Gasteiger partial charge in [-0.1, -0.05) is 30.3 Å². The lowest BCUT2D eigenvalue weighted by Gasteiger charge is -2.16. The normalized spacial score (nSPS) is 16.5. The molecule has 1 atom stereocenters. The van der Waals surface area contributed by atoms with Crippen molar-refractivity contribution in [3.05, 3.63) is 35.9 Å². The quantitative estimate of drug-likeness (QED) is 0.207. The second-order valence-electron chi connectivity index (χ2n) is 6.77. The van der Waals surface area contributed by atoms with Crippen molar-refractivity contribution in [2.45, 2.75) is 26.7 Å². The molecule has 7 nitrogen and oxygen atoms in total. The van der Waals surface area contributed by atoms with Crippen LogP contribution in [-0.4, -0.2) is 61.9 Å². The van der Waals surface area contributed by atoms with E-state index in [0.29, 0.717) is 26.1 Å². The van der Waals surface area contributed by atoms with E-state index in [1.807, 2.05) is 30.0 Å². The van der Waals surface area contributed by atoms with Gasteiger partial charge in [0.25, 0.3) is 0 Å². The Morgan fingerprint density at radius 2 is 1.89 bits per heavy atom. The first kappa shape index (κ1) is 24.2. The van der Waals surface area contributed by atoms with Crippen LogP contribution in [-0.2, 0) is 16.0 Å². The first-order chi connectivity index (χ1) is 13.1. The van der Waals surface area contributed by atoms with Gasteiger partial charge in [-0.2, -0.15) is 0 Å². The van der Waals surface area contributed by atoms with Gasteiger partial charge in [-0.25, -0.2) is 0 Å². The van der Waals surface area contributed by atoms with Gasteiger partial charge >= 0.3 is 0 Å². The highest BCUT2D eigenvalue weighted by atomic mass is 127. The maximum atomic E-state index is 12.3. The van der Waals surface area contributed by atoms with E-state index in [1.54, 1.807) is 0 Å². The lowest BCUT2D eigenvalue weighted by molar-refractivity contribution is -0.127. The third kappa shape index (κ3) is 8.90. The SMILES string of the molecule is CCNC(=NCC1CC(=O)N(CCc2ccccc2)C1)NCCNC(C)=O.I. The fourth-order valence-corrected chi connectivity index (χ4v) is 3.08. The van der Waals surface area contributed by atoms with Gasteiger partial charge in [0.05, 0.1) is 0 Å². The average molecular weight is 501 g/mol. The highest BCUT2D eigenvalue weighted by Gasteiger charge is 2.28. The zero-order valence-electron chi connectivity index (χ0n) is 16.7. The monoisotopic (exact) mass is 501 g/mol. The van der Waals surface area contributed by atoms with Crippen LogP contribution >= 0.6 is 24.0 Å². The van der Waals surface area contributed by atoms with Gasteiger partial charge in [0.15, 0.2) is 5.96 Å². The average Bonchev–Trinajstić information content (AvgIpc) is 3.02. The standard InChI is InChI=1S/C20H31N5O2.HI/c1-3-21-20(23-11-10-22-16(2)26)24-14-18-13-19(27)25(15-18)12-9-17-7-5-4-6-8-17;/h4-8,18H,3,9-15H2,1-2H3,(H,22,26)(H2,21,23,24);1H. The molecular weight excluding hydrogens is 469 g/mol. The first-order valence-corrected chi connectivity index (χ1v) is 9.66. The lowest BCUT2D eigenvalue weighted by Crippen LogP contribution is -2.41. The van der Waals surface area contributed by atoms with E-state index in [4.69, 9.17) is 0 Å². The molecular formula is C20H32IN5O2. The Kier molecular flexibility index (Phi) is 11.5. The molecule has 0 saturated carbocycles. The minimum Gasteiger partial charge on any atom is -0.357 e. The highest BCUT2D eigenvalue weighted by molar-refractivity contribution is 14.0. The molecule has 156 valence electrons. The van der Waals surface area contributed by atoms with Crippen LogP contribution in [0.5, 0.6) is 0 Å². The molecule has 8 heteroatoms. The molecule has 1 aromatic rings. The summed E-state index contributed by atoms with van der Waals surface area (Å²) in [6.07, 6.45) is 1.44. The second kappa shape index (κ2) is 13.4. The van der Waals surface area contributed by atoms with Gasteiger partial charge in [-0.15, -0.1) is 24.0 Å². The smallest absolute Gasteiger partial charge is 0.223 e. The molecule has 1 aliphatic rings. The van der Waals surface area contributed by atoms with E-state index in [-0.39, 0.29) is 41.7 Å². The number of rotatable bonds is 9. The summed E-state index contributed by atoms with van der Waals surface area (Å²) in [5.74, 6) is 1.14. The van der Waals surface area contributed by atoms with Crippen LogP contribution in [0.3, 0.4) is 0 Å². The van der Waals surface area contributed by atoms with Crippen molar-refractivity contribution in [2.24, 2.45) is 10.9 Å². The predicted octanol–water partition coefficient (Wildman–Crippen LogP) is 1.39. The molecule has 0 radical (unpaired) electrons. The van der Waals surface area contributed by atoms with E-state index in [9.17, 15) is 9.59 Å². The maximum Gasteiger partial charge on any atom is 0.223 e. The van der Waals surface area contributed by atoms with Gasteiger partial charge in [-0.3, -0.25) is 14.6 Å². The largest absolute Gasteiger partial charge is 0.357 e. The number of nitrogens with one attached hydrogen (secondary N) is 3.